The lowest BCUT2D eigenvalue weighted by Gasteiger charge is -2.26. The number of carbonyl (C=O) groups is 3. The first-order chi connectivity index (χ1) is 17.9. The highest BCUT2D eigenvalue weighted by Gasteiger charge is 2.47. The normalized spacial score (nSPS) is 16.7. The van der Waals surface area contributed by atoms with Gasteiger partial charge in [-0.1, -0.05) is 48.5 Å². The van der Waals surface area contributed by atoms with Crippen molar-refractivity contribution in [2.45, 2.75) is 13.0 Å². The SMILES string of the molecule is COc1ccc(C2/C(=C(/O)c3ccc4ccccc4c3)C(=O)C(=O)N2c2ccc(NC(C)=O)cc2)cc1. The summed E-state index contributed by atoms with van der Waals surface area (Å²) < 4.78 is 5.27. The molecule has 5 rings (SSSR count). The molecule has 7 nitrogen and oxygen atoms in total. The Morgan fingerprint density at radius 3 is 2.22 bits per heavy atom. The molecule has 37 heavy (non-hydrogen) atoms. The van der Waals surface area contributed by atoms with Gasteiger partial charge in [0.1, 0.15) is 11.5 Å². The molecule has 4 aromatic carbocycles. The van der Waals surface area contributed by atoms with Crippen LogP contribution >= 0.6 is 0 Å². The van der Waals surface area contributed by atoms with E-state index in [1.807, 2.05) is 30.3 Å². The summed E-state index contributed by atoms with van der Waals surface area (Å²) in [6, 6.07) is 25.9. The molecule has 1 aliphatic rings. The lowest BCUT2D eigenvalue weighted by Crippen LogP contribution is -2.29. The lowest BCUT2D eigenvalue weighted by molar-refractivity contribution is -0.132. The third-order valence-electron chi connectivity index (χ3n) is 6.36. The smallest absolute Gasteiger partial charge is 0.300 e. The number of aliphatic hydroxyl groups is 1. The summed E-state index contributed by atoms with van der Waals surface area (Å²) in [6.07, 6.45) is 0. The lowest BCUT2D eigenvalue weighted by atomic mass is 9.94. The van der Waals surface area contributed by atoms with Gasteiger partial charge < -0.3 is 15.2 Å². The van der Waals surface area contributed by atoms with E-state index in [0.29, 0.717) is 28.3 Å². The number of Topliss-reactive ketones (excluding diaryl/α,β-unsaturated/α-hetero) is 1. The van der Waals surface area contributed by atoms with Crippen LogP contribution in [0.25, 0.3) is 16.5 Å². The predicted molar refractivity (Wildman–Crippen MR) is 142 cm³/mol. The number of aliphatic hydroxyl groups excluding tert-OH is 1. The zero-order chi connectivity index (χ0) is 26.1. The molecular weight excluding hydrogens is 468 g/mol. The molecule has 4 aromatic rings. The molecule has 1 heterocycles. The first-order valence-corrected chi connectivity index (χ1v) is 11.7. The summed E-state index contributed by atoms with van der Waals surface area (Å²) in [6.45, 7) is 1.41. The van der Waals surface area contributed by atoms with Crippen molar-refractivity contribution in [1.82, 2.24) is 0 Å². The van der Waals surface area contributed by atoms with Crippen molar-refractivity contribution in [1.29, 1.82) is 0 Å². The molecule has 0 aliphatic carbocycles. The Kier molecular flexibility index (Phi) is 6.19. The van der Waals surface area contributed by atoms with Crippen LogP contribution in [0, 0.1) is 0 Å². The van der Waals surface area contributed by atoms with E-state index in [1.165, 1.54) is 11.8 Å². The first kappa shape index (κ1) is 23.8. The van der Waals surface area contributed by atoms with E-state index < -0.39 is 17.7 Å². The largest absolute Gasteiger partial charge is 0.507 e. The van der Waals surface area contributed by atoms with Gasteiger partial charge in [0.05, 0.1) is 18.7 Å². The maximum absolute atomic E-state index is 13.4. The molecule has 0 radical (unpaired) electrons. The van der Waals surface area contributed by atoms with Gasteiger partial charge in [0.25, 0.3) is 11.7 Å². The second kappa shape index (κ2) is 9.62. The van der Waals surface area contributed by atoms with E-state index in [9.17, 15) is 19.5 Å². The van der Waals surface area contributed by atoms with Crippen molar-refractivity contribution in [3.05, 3.63) is 108 Å². The van der Waals surface area contributed by atoms with Crippen molar-refractivity contribution in [2.75, 3.05) is 17.3 Å². The number of fused-ring (bicyclic) bond motifs is 1. The highest BCUT2D eigenvalue weighted by Crippen LogP contribution is 2.43. The molecule has 1 fully saturated rings. The van der Waals surface area contributed by atoms with Crippen LogP contribution in [0.4, 0.5) is 11.4 Å². The zero-order valence-electron chi connectivity index (χ0n) is 20.3. The highest BCUT2D eigenvalue weighted by molar-refractivity contribution is 6.51. The maximum atomic E-state index is 13.4. The summed E-state index contributed by atoms with van der Waals surface area (Å²) in [4.78, 5) is 39.5. The number of rotatable bonds is 5. The maximum Gasteiger partial charge on any atom is 0.300 e. The first-order valence-electron chi connectivity index (χ1n) is 11.7. The van der Waals surface area contributed by atoms with Crippen LogP contribution in [0.2, 0.25) is 0 Å². The number of methoxy groups -OCH3 is 1. The van der Waals surface area contributed by atoms with Crippen molar-refractivity contribution in [3.63, 3.8) is 0 Å². The Labute approximate surface area is 213 Å². The fourth-order valence-corrected chi connectivity index (χ4v) is 4.60. The minimum atomic E-state index is -0.871. The van der Waals surface area contributed by atoms with E-state index >= 15 is 0 Å². The number of ketones is 1. The van der Waals surface area contributed by atoms with Gasteiger partial charge >= 0.3 is 0 Å². The fourth-order valence-electron chi connectivity index (χ4n) is 4.60. The van der Waals surface area contributed by atoms with Crippen molar-refractivity contribution < 1.29 is 24.2 Å². The third-order valence-corrected chi connectivity index (χ3v) is 6.36. The summed E-state index contributed by atoms with van der Waals surface area (Å²) in [5.74, 6) is -1.38. The Hall–Kier alpha value is -4.91. The molecule has 1 atom stereocenters. The number of hydrogen-bond acceptors (Lipinski definition) is 5. The Morgan fingerprint density at radius 2 is 1.57 bits per heavy atom. The quantitative estimate of drug-likeness (QED) is 0.220. The van der Waals surface area contributed by atoms with Gasteiger partial charge in [-0.05, 0) is 58.8 Å². The fraction of sp³-hybridized carbons (Fsp3) is 0.100. The molecule has 2 N–H and O–H groups in total. The van der Waals surface area contributed by atoms with Crippen LogP contribution in [0.1, 0.15) is 24.1 Å². The molecule has 184 valence electrons. The van der Waals surface area contributed by atoms with E-state index in [1.54, 1.807) is 67.8 Å². The van der Waals surface area contributed by atoms with Crippen LogP contribution in [0.15, 0.2) is 96.6 Å². The van der Waals surface area contributed by atoms with E-state index in [2.05, 4.69) is 5.32 Å². The van der Waals surface area contributed by atoms with E-state index in [4.69, 9.17) is 4.74 Å². The van der Waals surface area contributed by atoms with Crippen LogP contribution in [0.3, 0.4) is 0 Å². The van der Waals surface area contributed by atoms with E-state index in [0.717, 1.165) is 10.8 Å². The molecule has 0 saturated carbocycles. The van der Waals surface area contributed by atoms with Crippen molar-refractivity contribution in [3.8, 4) is 5.75 Å². The number of carbonyl (C=O) groups excluding carboxylic acids is 3. The number of anilines is 2. The van der Waals surface area contributed by atoms with E-state index in [-0.39, 0.29) is 17.2 Å². The molecular formula is C30H24N2O5. The molecule has 1 aliphatic heterocycles. The average molecular weight is 493 g/mol. The van der Waals surface area contributed by atoms with Gasteiger partial charge in [0, 0.05) is 23.9 Å². The summed E-state index contributed by atoms with van der Waals surface area (Å²) in [5.41, 5.74) is 2.08. The molecule has 0 spiro atoms. The summed E-state index contributed by atoms with van der Waals surface area (Å²) >= 11 is 0. The standard InChI is InChI=1S/C30H24N2O5/c1-18(33)31-23-11-13-24(14-12-23)32-27(20-9-15-25(37-2)16-10-20)26(29(35)30(32)36)28(34)22-8-7-19-5-3-4-6-21(19)17-22/h3-17,27,34H,1-2H3,(H,31,33)/b28-26-. The van der Waals surface area contributed by atoms with Gasteiger partial charge in [-0.2, -0.15) is 0 Å². The zero-order valence-corrected chi connectivity index (χ0v) is 20.3. The number of nitrogens with zero attached hydrogens (tertiary/aromatic N) is 1. The van der Waals surface area contributed by atoms with Crippen LogP contribution in [-0.2, 0) is 14.4 Å². The summed E-state index contributed by atoms with van der Waals surface area (Å²) in [5, 5.41) is 16.0. The van der Waals surface area contributed by atoms with Crippen LogP contribution < -0.4 is 15.0 Å². The third kappa shape index (κ3) is 4.43. The van der Waals surface area contributed by atoms with Gasteiger partial charge in [-0.25, -0.2) is 0 Å². The number of nitrogens with one attached hydrogen (secondary N) is 1. The second-order valence-electron chi connectivity index (χ2n) is 8.73. The van der Waals surface area contributed by atoms with Gasteiger partial charge in [0.15, 0.2) is 0 Å². The number of benzene rings is 4. The highest BCUT2D eigenvalue weighted by atomic mass is 16.5. The number of hydrogen-bond donors (Lipinski definition) is 2. The molecule has 0 aromatic heterocycles. The Morgan fingerprint density at radius 1 is 0.892 bits per heavy atom. The number of ether oxygens (including phenoxy) is 1. The van der Waals surface area contributed by atoms with Crippen molar-refractivity contribution in [2.24, 2.45) is 0 Å². The molecule has 0 bridgehead atoms. The Balaban J connectivity index is 1.66. The van der Waals surface area contributed by atoms with Crippen LogP contribution in [-0.4, -0.2) is 29.8 Å². The van der Waals surface area contributed by atoms with Gasteiger partial charge in [0.2, 0.25) is 5.91 Å². The minimum Gasteiger partial charge on any atom is -0.507 e. The monoisotopic (exact) mass is 492 g/mol. The molecule has 1 unspecified atom stereocenters. The summed E-state index contributed by atoms with van der Waals surface area (Å²) in [7, 11) is 1.55. The van der Waals surface area contributed by atoms with Crippen molar-refractivity contribution >= 4 is 45.5 Å². The number of amides is 2. The average Bonchev–Trinajstić information content (AvgIpc) is 3.18. The predicted octanol–water partition coefficient (Wildman–Crippen LogP) is 5.43. The van der Waals surface area contributed by atoms with Gasteiger partial charge in [-0.3, -0.25) is 19.3 Å². The van der Waals surface area contributed by atoms with Gasteiger partial charge in [-0.15, -0.1) is 0 Å². The van der Waals surface area contributed by atoms with Crippen LogP contribution in [0.5, 0.6) is 5.75 Å². The Bertz CT molecular complexity index is 1560. The molecule has 7 heteroatoms. The molecule has 1 saturated heterocycles. The second-order valence-corrected chi connectivity index (χ2v) is 8.73. The minimum absolute atomic E-state index is 0.00335. The molecule has 2 amide bonds. The topological polar surface area (TPSA) is 95.9 Å².